The first-order chi connectivity index (χ1) is 9.29. The molecule has 1 heterocycles. The molecule has 0 N–H and O–H groups in total. The summed E-state index contributed by atoms with van der Waals surface area (Å²) in [6.45, 7) is 0. The van der Waals surface area contributed by atoms with Gasteiger partial charge in [0.2, 0.25) is 5.91 Å². The summed E-state index contributed by atoms with van der Waals surface area (Å²) in [6.07, 6.45) is 5.26. The second kappa shape index (κ2) is 6.55. The first-order valence-electron chi connectivity index (χ1n) is 6.39. The third-order valence-corrected chi connectivity index (χ3v) is 3.12. The molecule has 0 unspecified atom stereocenters. The molecule has 0 amide bonds. The predicted octanol–water partition coefficient (Wildman–Crippen LogP) is 3.29. The van der Waals surface area contributed by atoms with Crippen molar-refractivity contribution in [1.82, 2.24) is 4.57 Å². The van der Waals surface area contributed by atoms with E-state index in [9.17, 15) is 4.79 Å². The van der Waals surface area contributed by atoms with Gasteiger partial charge in [-0.3, -0.25) is 9.36 Å². The van der Waals surface area contributed by atoms with E-state index in [1.165, 1.54) is 10.1 Å². The van der Waals surface area contributed by atoms with Crippen molar-refractivity contribution < 1.29 is 4.79 Å². The minimum Gasteiger partial charge on any atom is -0.295 e. The molecule has 19 heavy (non-hydrogen) atoms. The minimum atomic E-state index is -0.227. The highest BCUT2D eigenvalue weighted by molar-refractivity contribution is 5.79. The van der Waals surface area contributed by atoms with Crippen LogP contribution in [-0.2, 0) is 6.42 Å². The molecule has 96 valence electrons. The van der Waals surface area contributed by atoms with E-state index in [1.54, 1.807) is 12.4 Å². The van der Waals surface area contributed by atoms with Crippen molar-refractivity contribution in [3.8, 4) is 6.07 Å². The molecule has 0 spiro atoms. The second-order valence-corrected chi connectivity index (χ2v) is 4.54. The summed E-state index contributed by atoms with van der Waals surface area (Å²) < 4.78 is 1.53. The van der Waals surface area contributed by atoms with Crippen LogP contribution < -0.4 is 0 Å². The van der Waals surface area contributed by atoms with Crippen molar-refractivity contribution in [1.29, 1.82) is 5.26 Å². The summed E-state index contributed by atoms with van der Waals surface area (Å²) in [5.74, 6) is -0.250. The van der Waals surface area contributed by atoms with E-state index in [4.69, 9.17) is 5.26 Å². The number of carbonyl (C=O) groups is 1. The molecule has 0 fully saturated rings. The first kappa shape index (κ1) is 13.1. The normalized spacial score (nSPS) is 11.7. The summed E-state index contributed by atoms with van der Waals surface area (Å²) in [7, 11) is 0. The van der Waals surface area contributed by atoms with Gasteiger partial charge in [-0.1, -0.05) is 30.3 Å². The monoisotopic (exact) mass is 252 g/mol. The van der Waals surface area contributed by atoms with E-state index in [-0.39, 0.29) is 18.2 Å². The zero-order valence-electron chi connectivity index (χ0n) is 10.7. The molecule has 3 nitrogen and oxygen atoms in total. The van der Waals surface area contributed by atoms with Crippen LogP contribution in [0.15, 0.2) is 54.9 Å². The molecule has 1 aromatic heterocycles. The standard InChI is InChI=1S/C16H16N2O/c17-13-15(9-8-14-6-2-1-3-7-14)12-16(19)18-10-4-5-11-18/h1-7,10-11,15H,8-9,12H2/t15-/m1/s1. The molecule has 2 aromatic rings. The second-order valence-electron chi connectivity index (χ2n) is 4.54. The van der Waals surface area contributed by atoms with Gasteiger partial charge < -0.3 is 0 Å². The molecule has 0 saturated heterocycles. The van der Waals surface area contributed by atoms with E-state index in [0.717, 1.165) is 6.42 Å². The highest BCUT2D eigenvalue weighted by Gasteiger charge is 2.14. The van der Waals surface area contributed by atoms with Crippen LogP contribution in [0, 0.1) is 17.2 Å². The van der Waals surface area contributed by atoms with Crippen molar-refractivity contribution in [3.05, 3.63) is 60.4 Å². The SMILES string of the molecule is N#C[C@H](CCc1ccccc1)CC(=O)n1cccc1. The zero-order valence-corrected chi connectivity index (χ0v) is 10.7. The van der Waals surface area contributed by atoms with E-state index in [2.05, 4.69) is 6.07 Å². The van der Waals surface area contributed by atoms with E-state index in [0.29, 0.717) is 6.42 Å². The number of hydrogen-bond donors (Lipinski definition) is 0. The maximum absolute atomic E-state index is 11.9. The smallest absolute Gasteiger partial charge is 0.231 e. The Morgan fingerprint density at radius 3 is 2.47 bits per heavy atom. The van der Waals surface area contributed by atoms with Gasteiger partial charge >= 0.3 is 0 Å². The van der Waals surface area contributed by atoms with Gasteiger partial charge in [0.15, 0.2) is 0 Å². The summed E-state index contributed by atoms with van der Waals surface area (Å²) >= 11 is 0. The Balaban J connectivity index is 1.87. The predicted molar refractivity (Wildman–Crippen MR) is 73.5 cm³/mol. The van der Waals surface area contributed by atoms with Gasteiger partial charge in [-0.2, -0.15) is 5.26 Å². The summed E-state index contributed by atoms with van der Waals surface area (Å²) in [5.41, 5.74) is 1.20. The Labute approximate surface area is 113 Å². The van der Waals surface area contributed by atoms with Gasteiger partial charge in [0, 0.05) is 18.8 Å². The molecule has 0 saturated carbocycles. The van der Waals surface area contributed by atoms with Gasteiger partial charge in [0.25, 0.3) is 0 Å². The van der Waals surface area contributed by atoms with Crippen molar-refractivity contribution in [3.63, 3.8) is 0 Å². The first-order valence-corrected chi connectivity index (χ1v) is 6.39. The van der Waals surface area contributed by atoms with E-state index in [1.807, 2.05) is 42.5 Å². The van der Waals surface area contributed by atoms with Crippen LogP contribution in [0.3, 0.4) is 0 Å². The lowest BCUT2D eigenvalue weighted by atomic mass is 9.97. The summed E-state index contributed by atoms with van der Waals surface area (Å²) in [6, 6.07) is 15.9. The average Bonchev–Trinajstić information content (AvgIpc) is 2.98. The number of aromatic nitrogens is 1. The quantitative estimate of drug-likeness (QED) is 0.819. The minimum absolute atomic E-state index is 0.0235. The Hall–Kier alpha value is -2.34. The Bertz CT molecular complexity index is 552. The Morgan fingerprint density at radius 2 is 1.84 bits per heavy atom. The molecule has 1 aromatic carbocycles. The van der Waals surface area contributed by atoms with Crippen LogP contribution >= 0.6 is 0 Å². The fraction of sp³-hybridized carbons (Fsp3) is 0.250. The zero-order chi connectivity index (χ0) is 13.5. The van der Waals surface area contributed by atoms with Crippen molar-refractivity contribution in [2.45, 2.75) is 19.3 Å². The van der Waals surface area contributed by atoms with Gasteiger partial charge in [0.1, 0.15) is 0 Å². The number of nitrogens with zero attached hydrogens (tertiary/aromatic N) is 2. The number of carbonyl (C=O) groups excluding carboxylic acids is 1. The fourth-order valence-electron chi connectivity index (χ4n) is 2.01. The molecule has 0 radical (unpaired) electrons. The average molecular weight is 252 g/mol. The third-order valence-electron chi connectivity index (χ3n) is 3.12. The molecule has 0 aliphatic rings. The summed E-state index contributed by atoms with van der Waals surface area (Å²) in [4.78, 5) is 11.9. The molecule has 0 aliphatic carbocycles. The lowest BCUT2D eigenvalue weighted by Gasteiger charge is -2.08. The van der Waals surface area contributed by atoms with Crippen LogP contribution in [0.5, 0.6) is 0 Å². The van der Waals surface area contributed by atoms with Crippen LogP contribution in [-0.4, -0.2) is 10.5 Å². The highest BCUT2D eigenvalue weighted by Crippen LogP contribution is 2.14. The number of nitriles is 1. The number of aryl methyl sites for hydroxylation is 1. The lowest BCUT2D eigenvalue weighted by Crippen LogP contribution is -2.13. The molecule has 3 heteroatoms. The van der Waals surface area contributed by atoms with Gasteiger partial charge in [0.05, 0.1) is 12.0 Å². The largest absolute Gasteiger partial charge is 0.295 e. The molecule has 1 atom stereocenters. The highest BCUT2D eigenvalue weighted by atomic mass is 16.1. The number of benzene rings is 1. The van der Waals surface area contributed by atoms with Gasteiger partial charge in [-0.15, -0.1) is 0 Å². The van der Waals surface area contributed by atoms with Gasteiger partial charge in [-0.25, -0.2) is 0 Å². The van der Waals surface area contributed by atoms with E-state index < -0.39 is 0 Å². The maximum Gasteiger partial charge on any atom is 0.231 e. The van der Waals surface area contributed by atoms with Crippen LogP contribution in [0.4, 0.5) is 0 Å². The molecule has 0 bridgehead atoms. The van der Waals surface area contributed by atoms with Crippen LogP contribution in [0.25, 0.3) is 0 Å². The third kappa shape index (κ3) is 3.82. The molecular weight excluding hydrogens is 236 g/mol. The molecular formula is C16H16N2O. The number of hydrogen-bond acceptors (Lipinski definition) is 2. The van der Waals surface area contributed by atoms with E-state index >= 15 is 0 Å². The Morgan fingerprint density at radius 1 is 1.16 bits per heavy atom. The van der Waals surface area contributed by atoms with Crippen molar-refractivity contribution >= 4 is 5.91 Å². The Kier molecular flexibility index (Phi) is 4.52. The maximum atomic E-state index is 11.9. The summed E-state index contributed by atoms with van der Waals surface area (Å²) in [5, 5.41) is 9.14. The van der Waals surface area contributed by atoms with Crippen molar-refractivity contribution in [2.24, 2.45) is 5.92 Å². The molecule has 0 aliphatic heterocycles. The van der Waals surface area contributed by atoms with Crippen LogP contribution in [0.1, 0.15) is 23.2 Å². The topological polar surface area (TPSA) is 45.8 Å². The van der Waals surface area contributed by atoms with Crippen LogP contribution in [0.2, 0.25) is 0 Å². The van der Waals surface area contributed by atoms with Gasteiger partial charge in [-0.05, 0) is 30.5 Å². The lowest BCUT2D eigenvalue weighted by molar-refractivity contribution is 0.0888. The van der Waals surface area contributed by atoms with Crippen molar-refractivity contribution in [2.75, 3.05) is 0 Å². The number of rotatable bonds is 5. The fourth-order valence-corrected chi connectivity index (χ4v) is 2.01. The molecule has 2 rings (SSSR count).